The number of methoxy groups -OCH3 is 1. The number of ether oxygens (including phenoxy) is 1. The molecular weight excluding hydrogens is 298 g/mol. The highest BCUT2D eigenvalue weighted by atomic mass is 79.9. The number of alkyl halides is 1. The zero-order valence-electron chi connectivity index (χ0n) is 9.85. The maximum absolute atomic E-state index is 11.4. The van der Waals surface area contributed by atoms with Crippen LogP contribution in [0, 0.1) is 0 Å². The predicted octanol–water partition coefficient (Wildman–Crippen LogP) is 2.95. The van der Waals surface area contributed by atoms with Gasteiger partial charge in [0.15, 0.2) is 12.1 Å². The van der Waals surface area contributed by atoms with Gasteiger partial charge in [-0.05, 0) is 11.1 Å². The van der Waals surface area contributed by atoms with Crippen molar-refractivity contribution in [2.24, 2.45) is 0 Å². The Morgan fingerprint density at radius 3 is 2.61 bits per heavy atom. The lowest BCUT2D eigenvalue weighted by atomic mass is 10.1. The zero-order chi connectivity index (χ0) is 13.0. The van der Waals surface area contributed by atoms with E-state index >= 15 is 0 Å². The number of carbonyl (C=O) groups excluding carboxylic acids is 1. The minimum Gasteiger partial charge on any atom is -0.464 e. The second-order valence-electron chi connectivity index (χ2n) is 3.74. The van der Waals surface area contributed by atoms with Crippen molar-refractivity contribution in [1.82, 2.24) is 4.98 Å². The van der Waals surface area contributed by atoms with Crippen LogP contribution < -0.4 is 0 Å². The molecule has 0 bridgehead atoms. The monoisotopic (exact) mass is 309 g/mol. The Labute approximate surface area is 113 Å². The molecule has 94 valence electrons. The minimum absolute atomic E-state index is 0.238. The van der Waals surface area contributed by atoms with Crippen molar-refractivity contribution >= 4 is 21.9 Å². The van der Waals surface area contributed by atoms with Gasteiger partial charge in [-0.2, -0.15) is 0 Å². The molecule has 4 nitrogen and oxygen atoms in total. The van der Waals surface area contributed by atoms with Crippen LogP contribution in [0.3, 0.4) is 0 Å². The Kier molecular flexibility index (Phi) is 4.15. The Hall–Kier alpha value is -1.62. The van der Waals surface area contributed by atoms with Crippen LogP contribution in [0.25, 0.3) is 0 Å². The number of benzene rings is 1. The summed E-state index contributed by atoms with van der Waals surface area (Å²) in [7, 11) is 1.32. The third-order valence-electron chi connectivity index (χ3n) is 2.56. The van der Waals surface area contributed by atoms with Crippen molar-refractivity contribution in [2.75, 3.05) is 7.11 Å². The van der Waals surface area contributed by atoms with Crippen molar-refractivity contribution in [3.63, 3.8) is 0 Å². The number of hydrogen-bond donors (Lipinski definition) is 0. The summed E-state index contributed by atoms with van der Waals surface area (Å²) in [6.07, 6.45) is 1.78. The van der Waals surface area contributed by atoms with Gasteiger partial charge in [0, 0.05) is 11.8 Å². The average molecular weight is 310 g/mol. The predicted molar refractivity (Wildman–Crippen MR) is 69.7 cm³/mol. The van der Waals surface area contributed by atoms with Gasteiger partial charge in [0.25, 0.3) is 0 Å². The first kappa shape index (κ1) is 12.8. The molecule has 2 aromatic rings. The summed E-state index contributed by atoms with van der Waals surface area (Å²) in [6.45, 7) is 0. The number of hydrogen-bond acceptors (Lipinski definition) is 4. The van der Waals surface area contributed by atoms with Gasteiger partial charge in [-0.3, -0.25) is 0 Å². The molecule has 18 heavy (non-hydrogen) atoms. The number of esters is 1. The molecule has 0 radical (unpaired) electrons. The van der Waals surface area contributed by atoms with Gasteiger partial charge in [0.2, 0.25) is 0 Å². The Morgan fingerprint density at radius 1 is 1.33 bits per heavy atom. The molecule has 0 unspecified atom stereocenters. The normalized spacial score (nSPS) is 10.3. The molecule has 0 atom stereocenters. The molecule has 0 spiro atoms. The summed E-state index contributed by atoms with van der Waals surface area (Å²) in [5.74, 6) is 0.0456. The van der Waals surface area contributed by atoms with Gasteiger partial charge >= 0.3 is 5.97 Å². The number of oxazole rings is 1. The first-order valence-corrected chi connectivity index (χ1v) is 6.51. The van der Waals surface area contributed by atoms with E-state index in [4.69, 9.17) is 4.42 Å². The van der Waals surface area contributed by atoms with Crippen LogP contribution in [-0.4, -0.2) is 18.1 Å². The Bertz CT molecular complexity index is 533. The van der Waals surface area contributed by atoms with Gasteiger partial charge in [0.1, 0.15) is 5.76 Å². The lowest BCUT2D eigenvalue weighted by Gasteiger charge is -2.02. The number of nitrogens with zero attached hydrogens (tertiary/aromatic N) is 1. The molecule has 0 saturated heterocycles. The number of aromatic nitrogens is 1. The first-order chi connectivity index (χ1) is 8.74. The van der Waals surface area contributed by atoms with Gasteiger partial charge in [-0.1, -0.05) is 40.2 Å². The summed E-state index contributed by atoms with van der Waals surface area (Å²) >= 11 is 3.39. The molecule has 0 aliphatic carbocycles. The summed E-state index contributed by atoms with van der Waals surface area (Å²) in [5, 5.41) is 0.822. The zero-order valence-corrected chi connectivity index (χ0v) is 11.4. The molecule has 1 aromatic heterocycles. The quantitative estimate of drug-likeness (QED) is 0.643. The van der Waals surface area contributed by atoms with Crippen molar-refractivity contribution in [2.45, 2.75) is 11.8 Å². The van der Waals surface area contributed by atoms with Crippen LogP contribution in [0.5, 0.6) is 0 Å². The van der Waals surface area contributed by atoms with Crippen LogP contribution in [0.2, 0.25) is 0 Å². The molecule has 5 heteroatoms. The largest absolute Gasteiger partial charge is 0.464 e. The molecule has 2 rings (SSSR count). The van der Waals surface area contributed by atoms with Crippen molar-refractivity contribution in [3.05, 3.63) is 53.2 Å². The van der Waals surface area contributed by atoms with E-state index in [1.165, 1.54) is 19.1 Å². The second kappa shape index (κ2) is 5.82. The molecule has 0 fully saturated rings. The smallest absolute Gasteiger partial charge is 0.360 e. The fraction of sp³-hybridized carbons (Fsp3) is 0.231. The molecule has 0 amide bonds. The highest BCUT2D eigenvalue weighted by Gasteiger charge is 2.17. The molecule has 1 aromatic carbocycles. The molecular formula is C13H12BrNO3. The molecule has 0 aliphatic heterocycles. The van der Waals surface area contributed by atoms with E-state index in [-0.39, 0.29) is 5.69 Å². The molecule has 0 aliphatic rings. The average Bonchev–Trinajstić information content (AvgIpc) is 2.87. The minimum atomic E-state index is -0.476. The van der Waals surface area contributed by atoms with Crippen molar-refractivity contribution in [3.8, 4) is 0 Å². The van der Waals surface area contributed by atoms with Crippen LogP contribution >= 0.6 is 15.9 Å². The van der Waals surface area contributed by atoms with E-state index in [1.54, 1.807) is 0 Å². The first-order valence-electron chi connectivity index (χ1n) is 5.39. The van der Waals surface area contributed by atoms with Gasteiger partial charge < -0.3 is 9.15 Å². The van der Waals surface area contributed by atoms with Gasteiger partial charge in [-0.25, -0.2) is 9.78 Å². The third-order valence-corrected chi connectivity index (χ3v) is 3.21. The maximum atomic E-state index is 11.4. The van der Waals surface area contributed by atoms with Crippen molar-refractivity contribution in [1.29, 1.82) is 0 Å². The Balaban J connectivity index is 2.18. The van der Waals surface area contributed by atoms with Crippen molar-refractivity contribution < 1.29 is 13.9 Å². The van der Waals surface area contributed by atoms with E-state index in [9.17, 15) is 4.79 Å². The lowest BCUT2D eigenvalue weighted by molar-refractivity contribution is 0.0592. The second-order valence-corrected chi connectivity index (χ2v) is 4.30. The van der Waals surface area contributed by atoms with E-state index < -0.39 is 5.97 Å². The molecule has 0 saturated carbocycles. The van der Waals surface area contributed by atoms with Crippen LogP contribution in [0.15, 0.2) is 35.1 Å². The van der Waals surface area contributed by atoms with Crippen LogP contribution in [0.4, 0.5) is 0 Å². The van der Waals surface area contributed by atoms with E-state index in [1.807, 2.05) is 24.3 Å². The standard InChI is InChI=1S/C13H12BrNO3/c1-17-13(16)12-11(18-8-15-12)6-9-2-4-10(7-14)5-3-9/h2-5,8H,6-7H2,1H3. The fourth-order valence-electron chi connectivity index (χ4n) is 1.59. The SMILES string of the molecule is COC(=O)c1ncoc1Cc1ccc(CBr)cc1. The van der Waals surface area contributed by atoms with E-state index in [0.29, 0.717) is 12.2 Å². The number of halogens is 1. The van der Waals surface area contributed by atoms with E-state index in [0.717, 1.165) is 10.9 Å². The molecule has 0 N–H and O–H groups in total. The summed E-state index contributed by atoms with van der Waals surface area (Å²) < 4.78 is 9.87. The fourth-order valence-corrected chi connectivity index (χ4v) is 1.96. The number of carbonyl (C=O) groups is 1. The Morgan fingerprint density at radius 2 is 2.00 bits per heavy atom. The topological polar surface area (TPSA) is 52.3 Å². The highest BCUT2D eigenvalue weighted by molar-refractivity contribution is 9.08. The van der Waals surface area contributed by atoms with Gasteiger partial charge in [-0.15, -0.1) is 0 Å². The highest BCUT2D eigenvalue weighted by Crippen LogP contribution is 2.15. The number of rotatable bonds is 4. The van der Waals surface area contributed by atoms with E-state index in [2.05, 4.69) is 25.7 Å². The van der Waals surface area contributed by atoms with Crippen LogP contribution in [-0.2, 0) is 16.5 Å². The maximum Gasteiger partial charge on any atom is 0.360 e. The van der Waals surface area contributed by atoms with Gasteiger partial charge in [0.05, 0.1) is 7.11 Å². The lowest BCUT2D eigenvalue weighted by Crippen LogP contribution is -2.05. The summed E-state index contributed by atoms with van der Waals surface area (Å²) in [6, 6.07) is 8.05. The third kappa shape index (κ3) is 2.79. The molecule has 1 heterocycles. The summed E-state index contributed by atoms with van der Waals surface area (Å²) in [4.78, 5) is 15.3. The summed E-state index contributed by atoms with van der Waals surface area (Å²) in [5.41, 5.74) is 2.49. The van der Waals surface area contributed by atoms with Crippen LogP contribution in [0.1, 0.15) is 27.4 Å².